The number of rotatable bonds is 9. The minimum absolute atomic E-state index is 0.109. The lowest BCUT2D eigenvalue weighted by Gasteiger charge is -2.11. The molecule has 39 heavy (non-hydrogen) atoms. The molecule has 0 aliphatic rings. The second-order valence-electron chi connectivity index (χ2n) is 7.60. The highest BCUT2D eigenvalue weighted by atomic mass is 35.5. The summed E-state index contributed by atoms with van der Waals surface area (Å²) < 4.78 is 38.2. The summed E-state index contributed by atoms with van der Waals surface area (Å²) in [5, 5.41) is 18.4. The first kappa shape index (κ1) is 28.9. The molecule has 4 N–H and O–H groups in total. The number of carboxylic acid groups (broad SMARTS) is 1. The molecule has 0 bridgehead atoms. The van der Waals surface area contributed by atoms with Crippen LogP contribution in [-0.2, 0) is 20.9 Å². The quantitative estimate of drug-likeness (QED) is 0.202. The maximum Gasteiger partial charge on any atom is 0.387 e. The number of methoxy groups -OCH3 is 1. The van der Waals surface area contributed by atoms with E-state index in [2.05, 4.69) is 30.0 Å². The average molecular weight is 566 g/mol. The first-order valence-corrected chi connectivity index (χ1v) is 11.4. The van der Waals surface area contributed by atoms with Gasteiger partial charge in [0.1, 0.15) is 23.0 Å². The lowest BCUT2D eigenvalue weighted by Crippen LogP contribution is -2.32. The van der Waals surface area contributed by atoms with Crippen molar-refractivity contribution in [3.05, 3.63) is 59.6 Å². The number of nitrogens with one attached hydrogen (secondary N) is 1. The number of anilines is 1. The van der Waals surface area contributed by atoms with Crippen LogP contribution >= 0.6 is 11.6 Å². The van der Waals surface area contributed by atoms with E-state index < -0.39 is 24.5 Å². The molecule has 4 rings (SSSR count). The summed E-state index contributed by atoms with van der Waals surface area (Å²) in [5.41, 5.74) is 6.70. The number of ether oxygens (including phenoxy) is 2. The molecule has 0 saturated heterocycles. The Balaban J connectivity index is 0.00000134. The van der Waals surface area contributed by atoms with Gasteiger partial charge in [0, 0.05) is 35.7 Å². The summed E-state index contributed by atoms with van der Waals surface area (Å²) >= 11 is 6.12. The fraction of sp³-hybridized carbons (Fsp3) is 0.217. The number of halogens is 3. The molecule has 13 nitrogen and oxygen atoms in total. The Kier molecular flexibility index (Phi) is 9.83. The number of nitrogens with two attached hydrogens (primary N) is 1. The molecule has 4 aromatic rings. The highest BCUT2D eigenvalue weighted by molar-refractivity contribution is 6.31. The van der Waals surface area contributed by atoms with Gasteiger partial charge in [-0.3, -0.25) is 19.1 Å². The van der Waals surface area contributed by atoms with Gasteiger partial charge >= 0.3 is 12.6 Å². The number of esters is 1. The molecule has 0 aliphatic heterocycles. The van der Waals surface area contributed by atoms with Crippen LogP contribution in [0, 0.1) is 0 Å². The van der Waals surface area contributed by atoms with Gasteiger partial charge in [-0.15, -0.1) is 0 Å². The predicted molar refractivity (Wildman–Crippen MR) is 134 cm³/mol. The topological polar surface area (TPSA) is 176 Å². The molecular formula is C23H22ClF2N7O6. The minimum atomic E-state index is -3.10. The summed E-state index contributed by atoms with van der Waals surface area (Å²) in [7, 11) is 1.22. The van der Waals surface area contributed by atoms with Crippen molar-refractivity contribution in [1.29, 1.82) is 0 Å². The van der Waals surface area contributed by atoms with Gasteiger partial charge in [0.05, 0.1) is 19.0 Å². The monoisotopic (exact) mass is 565 g/mol. The molecule has 0 unspecified atom stereocenters. The third kappa shape index (κ3) is 7.24. The van der Waals surface area contributed by atoms with Crippen LogP contribution in [0.2, 0.25) is 5.02 Å². The van der Waals surface area contributed by atoms with Gasteiger partial charge in [0.2, 0.25) is 0 Å². The Morgan fingerprint density at radius 2 is 2.08 bits per heavy atom. The zero-order chi connectivity index (χ0) is 28.5. The number of alkyl halides is 2. The Morgan fingerprint density at radius 3 is 2.77 bits per heavy atom. The maximum atomic E-state index is 13.1. The summed E-state index contributed by atoms with van der Waals surface area (Å²) in [6.45, 7) is -3.20. The fourth-order valence-electron chi connectivity index (χ4n) is 3.43. The second-order valence-corrected chi connectivity index (χ2v) is 8.03. The average Bonchev–Trinajstić information content (AvgIpc) is 3.52. The number of fused-ring (bicyclic) bond motifs is 1. The molecular weight excluding hydrogens is 544 g/mol. The SMILES string of the molecule is COC(=O)[C@@H](N)CCn1cc(NC(=O)c2cnn3cccnc23)c(-c2cc(Cl)ccc2OC(F)F)n1.O=CO. The molecule has 1 aromatic carbocycles. The van der Waals surface area contributed by atoms with E-state index in [1.807, 2.05) is 0 Å². The van der Waals surface area contributed by atoms with Gasteiger partial charge in [-0.2, -0.15) is 19.0 Å². The van der Waals surface area contributed by atoms with Crippen LogP contribution in [0.5, 0.6) is 5.75 Å². The molecule has 16 heteroatoms. The zero-order valence-corrected chi connectivity index (χ0v) is 21.0. The van der Waals surface area contributed by atoms with E-state index in [-0.39, 0.29) is 52.7 Å². The Morgan fingerprint density at radius 1 is 1.33 bits per heavy atom. The van der Waals surface area contributed by atoms with Crippen LogP contribution in [0.1, 0.15) is 16.8 Å². The van der Waals surface area contributed by atoms with Crippen LogP contribution < -0.4 is 15.8 Å². The fourth-order valence-corrected chi connectivity index (χ4v) is 3.60. The smallest absolute Gasteiger partial charge is 0.387 e. The van der Waals surface area contributed by atoms with Gasteiger partial charge < -0.3 is 25.6 Å². The molecule has 0 saturated carbocycles. The van der Waals surface area contributed by atoms with E-state index in [9.17, 15) is 18.4 Å². The Hall–Kier alpha value is -4.63. The number of amides is 1. The van der Waals surface area contributed by atoms with Gasteiger partial charge in [0.25, 0.3) is 12.4 Å². The summed E-state index contributed by atoms with van der Waals surface area (Å²) in [4.78, 5) is 37.3. The first-order valence-electron chi connectivity index (χ1n) is 11.0. The highest BCUT2D eigenvalue weighted by Gasteiger charge is 2.23. The lowest BCUT2D eigenvalue weighted by atomic mass is 10.1. The van der Waals surface area contributed by atoms with Crippen LogP contribution in [0.15, 0.2) is 49.1 Å². The third-order valence-electron chi connectivity index (χ3n) is 5.12. The van der Waals surface area contributed by atoms with Gasteiger partial charge in [-0.1, -0.05) is 11.6 Å². The molecule has 1 amide bonds. The molecule has 3 aromatic heterocycles. The standard InChI is InChI=1S/C22H20ClF2N7O4.CH2O2/c1-35-21(34)15(26)5-8-31-11-16(29-20(33)14-10-28-32-7-2-6-27-19(14)32)18(30-31)13-9-12(23)3-4-17(13)36-22(24)25;2-1-3/h2-4,6-7,9-11,15,22H,5,8,26H2,1H3,(H,29,33);1H,(H,2,3)/t15-;/m0./s1. The van der Waals surface area contributed by atoms with E-state index in [4.69, 9.17) is 27.2 Å². The van der Waals surface area contributed by atoms with Crippen molar-refractivity contribution in [1.82, 2.24) is 24.4 Å². The molecule has 3 heterocycles. The van der Waals surface area contributed by atoms with Gasteiger partial charge in [0.15, 0.2) is 5.65 Å². The molecule has 206 valence electrons. The number of nitrogens with zero attached hydrogens (tertiary/aromatic N) is 5. The van der Waals surface area contributed by atoms with Crippen molar-refractivity contribution >= 4 is 41.3 Å². The Labute approximate surface area is 224 Å². The highest BCUT2D eigenvalue weighted by Crippen LogP contribution is 2.37. The second kappa shape index (κ2) is 13.3. The summed E-state index contributed by atoms with van der Waals surface area (Å²) in [6.07, 6.45) is 6.13. The van der Waals surface area contributed by atoms with Crippen LogP contribution in [0.3, 0.4) is 0 Å². The van der Waals surface area contributed by atoms with Gasteiger partial charge in [-0.05, 0) is 30.7 Å². The molecule has 1 atom stereocenters. The number of hydrogen-bond donors (Lipinski definition) is 3. The van der Waals surface area contributed by atoms with E-state index in [0.29, 0.717) is 5.65 Å². The Bertz CT molecular complexity index is 1460. The largest absolute Gasteiger partial charge is 0.483 e. The van der Waals surface area contributed by atoms with Crippen molar-refractivity contribution in [3.63, 3.8) is 0 Å². The lowest BCUT2D eigenvalue weighted by molar-refractivity contribution is -0.142. The van der Waals surface area contributed by atoms with E-state index in [0.717, 1.165) is 0 Å². The molecule has 0 radical (unpaired) electrons. The number of carbonyl (C=O) groups is 3. The molecule has 0 aliphatic carbocycles. The minimum Gasteiger partial charge on any atom is -0.483 e. The number of hydrogen-bond acceptors (Lipinski definition) is 9. The summed E-state index contributed by atoms with van der Waals surface area (Å²) in [5.74, 6) is -1.35. The van der Waals surface area contributed by atoms with Crippen molar-refractivity contribution in [2.45, 2.75) is 25.6 Å². The van der Waals surface area contributed by atoms with E-state index >= 15 is 0 Å². The third-order valence-corrected chi connectivity index (χ3v) is 5.35. The zero-order valence-electron chi connectivity index (χ0n) is 20.2. The number of benzene rings is 1. The van der Waals surface area contributed by atoms with E-state index in [1.165, 1.54) is 53.1 Å². The van der Waals surface area contributed by atoms with Crippen molar-refractivity contribution < 1.29 is 37.7 Å². The normalized spacial score (nSPS) is 11.4. The number of aryl methyl sites for hydroxylation is 1. The number of aromatic nitrogens is 5. The van der Waals surface area contributed by atoms with E-state index in [1.54, 1.807) is 12.3 Å². The number of carbonyl (C=O) groups excluding carboxylic acids is 2. The maximum absolute atomic E-state index is 13.1. The summed E-state index contributed by atoms with van der Waals surface area (Å²) in [6, 6.07) is 4.80. The molecule has 0 fully saturated rings. The van der Waals surface area contributed by atoms with Crippen molar-refractivity contribution in [2.75, 3.05) is 12.4 Å². The molecule has 0 spiro atoms. The van der Waals surface area contributed by atoms with Crippen LogP contribution in [0.4, 0.5) is 14.5 Å². The van der Waals surface area contributed by atoms with Crippen LogP contribution in [0.25, 0.3) is 16.9 Å². The van der Waals surface area contributed by atoms with Crippen molar-refractivity contribution in [3.8, 4) is 17.0 Å². The van der Waals surface area contributed by atoms with Gasteiger partial charge in [-0.25, -0.2) is 9.50 Å². The van der Waals surface area contributed by atoms with Crippen LogP contribution in [-0.4, -0.2) is 67.6 Å². The predicted octanol–water partition coefficient (Wildman–Crippen LogP) is 2.69. The first-order chi connectivity index (χ1) is 18.7. The van der Waals surface area contributed by atoms with Crippen molar-refractivity contribution in [2.24, 2.45) is 5.73 Å².